The summed E-state index contributed by atoms with van der Waals surface area (Å²) >= 11 is 0. The fraction of sp³-hybridized carbons (Fsp3) is 0.500. The lowest BCUT2D eigenvalue weighted by Gasteiger charge is -2.30. The quantitative estimate of drug-likeness (QED) is 0.754. The molecule has 0 N–H and O–H groups in total. The fourth-order valence-corrected chi connectivity index (χ4v) is 2.32. The number of benzene rings is 1. The van der Waals surface area contributed by atoms with Crippen molar-refractivity contribution in [3.63, 3.8) is 0 Å². The molecule has 0 aromatic heterocycles. The molecule has 1 heterocycles. The smallest absolute Gasteiger partial charge is 0.160 e. The van der Waals surface area contributed by atoms with E-state index in [0.717, 1.165) is 12.0 Å². The first-order valence-electron chi connectivity index (χ1n) is 5.96. The Hall–Kier alpha value is -1.22. The van der Waals surface area contributed by atoms with Gasteiger partial charge in [0, 0.05) is 18.6 Å². The van der Waals surface area contributed by atoms with Crippen molar-refractivity contribution in [3.05, 3.63) is 35.4 Å². The molecule has 17 heavy (non-hydrogen) atoms. The SMILES string of the molecule is CC(=O)c1ccccc1CC1(F)CCCOC1. The third-order valence-corrected chi connectivity index (χ3v) is 3.18. The van der Waals surface area contributed by atoms with Gasteiger partial charge in [0.2, 0.25) is 0 Å². The summed E-state index contributed by atoms with van der Waals surface area (Å²) in [6.07, 6.45) is 1.53. The van der Waals surface area contributed by atoms with Gasteiger partial charge < -0.3 is 4.74 Å². The highest BCUT2D eigenvalue weighted by atomic mass is 19.1. The number of carbonyl (C=O) groups is 1. The third-order valence-electron chi connectivity index (χ3n) is 3.18. The van der Waals surface area contributed by atoms with Gasteiger partial charge in [0.25, 0.3) is 0 Å². The highest BCUT2D eigenvalue weighted by molar-refractivity contribution is 5.95. The van der Waals surface area contributed by atoms with Gasteiger partial charge in [-0.3, -0.25) is 4.79 Å². The van der Waals surface area contributed by atoms with E-state index >= 15 is 0 Å². The molecule has 0 radical (unpaired) electrons. The summed E-state index contributed by atoms with van der Waals surface area (Å²) in [6.45, 7) is 2.29. The van der Waals surface area contributed by atoms with Gasteiger partial charge >= 0.3 is 0 Å². The van der Waals surface area contributed by atoms with E-state index in [9.17, 15) is 9.18 Å². The molecular formula is C14H17FO2. The Morgan fingerprint density at radius 3 is 2.88 bits per heavy atom. The van der Waals surface area contributed by atoms with Crippen LogP contribution in [-0.4, -0.2) is 24.7 Å². The Morgan fingerprint density at radius 2 is 2.24 bits per heavy atom. The number of rotatable bonds is 3. The molecular weight excluding hydrogens is 219 g/mol. The van der Waals surface area contributed by atoms with Gasteiger partial charge in [-0.15, -0.1) is 0 Å². The Bertz CT molecular complexity index is 408. The second kappa shape index (κ2) is 4.96. The van der Waals surface area contributed by atoms with E-state index in [-0.39, 0.29) is 18.8 Å². The van der Waals surface area contributed by atoms with Crippen molar-refractivity contribution in [1.82, 2.24) is 0 Å². The van der Waals surface area contributed by atoms with E-state index in [4.69, 9.17) is 4.74 Å². The molecule has 1 saturated heterocycles. The highest BCUT2D eigenvalue weighted by Crippen LogP contribution is 2.29. The summed E-state index contributed by atoms with van der Waals surface area (Å²) < 4.78 is 19.7. The minimum atomic E-state index is -1.32. The lowest BCUT2D eigenvalue weighted by atomic mass is 9.88. The molecule has 0 bridgehead atoms. The molecule has 0 saturated carbocycles. The van der Waals surface area contributed by atoms with Crippen LogP contribution in [0.4, 0.5) is 4.39 Å². The van der Waals surface area contributed by atoms with Crippen molar-refractivity contribution in [2.45, 2.75) is 31.9 Å². The second-order valence-electron chi connectivity index (χ2n) is 4.70. The molecule has 1 aliphatic rings. The number of hydrogen-bond acceptors (Lipinski definition) is 2. The van der Waals surface area contributed by atoms with Gasteiger partial charge in [-0.05, 0) is 25.3 Å². The fourth-order valence-electron chi connectivity index (χ4n) is 2.32. The minimum absolute atomic E-state index is 0.0130. The van der Waals surface area contributed by atoms with Crippen molar-refractivity contribution in [3.8, 4) is 0 Å². The zero-order valence-electron chi connectivity index (χ0n) is 10.0. The van der Waals surface area contributed by atoms with Gasteiger partial charge in [-0.2, -0.15) is 0 Å². The molecule has 2 rings (SSSR count). The first-order valence-corrected chi connectivity index (χ1v) is 5.96. The van der Waals surface area contributed by atoms with Crippen LogP contribution in [0, 0.1) is 0 Å². The number of ether oxygens (including phenoxy) is 1. The largest absolute Gasteiger partial charge is 0.378 e. The van der Waals surface area contributed by atoms with E-state index in [1.807, 2.05) is 18.2 Å². The van der Waals surface area contributed by atoms with Gasteiger partial charge in [-0.25, -0.2) is 4.39 Å². The van der Waals surface area contributed by atoms with Gasteiger partial charge in [-0.1, -0.05) is 24.3 Å². The Morgan fingerprint density at radius 1 is 1.47 bits per heavy atom. The van der Waals surface area contributed by atoms with Crippen LogP contribution in [0.2, 0.25) is 0 Å². The molecule has 3 heteroatoms. The van der Waals surface area contributed by atoms with Crippen molar-refractivity contribution in [2.75, 3.05) is 13.2 Å². The normalized spacial score (nSPS) is 24.6. The average molecular weight is 236 g/mol. The van der Waals surface area contributed by atoms with E-state index in [1.165, 1.54) is 6.92 Å². The molecule has 0 spiro atoms. The van der Waals surface area contributed by atoms with Crippen LogP contribution in [0.5, 0.6) is 0 Å². The first-order chi connectivity index (χ1) is 8.11. The third kappa shape index (κ3) is 2.91. The molecule has 1 aromatic carbocycles. The van der Waals surface area contributed by atoms with E-state index in [2.05, 4.69) is 0 Å². The number of halogens is 1. The topological polar surface area (TPSA) is 26.3 Å². The Labute approximate surface area is 101 Å². The first kappa shape index (κ1) is 12.2. The lowest BCUT2D eigenvalue weighted by molar-refractivity contribution is -0.0308. The summed E-state index contributed by atoms with van der Waals surface area (Å²) in [5, 5.41) is 0. The lowest BCUT2D eigenvalue weighted by Crippen LogP contribution is -2.36. The average Bonchev–Trinajstić information content (AvgIpc) is 2.29. The predicted octanol–water partition coefficient (Wildman–Crippen LogP) is 2.95. The van der Waals surface area contributed by atoms with Crippen LogP contribution in [0.15, 0.2) is 24.3 Å². The molecule has 92 valence electrons. The molecule has 1 aromatic rings. The summed E-state index contributed by atoms with van der Waals surface area (Å²) in [5.41, 5.74) is 0.0900. The number of alkyl halides is 1. The monoisotopic (exact) mass is 236 g/mol. The van der Waals surface area contributed by atoms with Gasteiger partial charge in [0.05, 0.1) is 6.61 Å². The number of carbonyl (C=O) groups excluding carboxylic acids is 1. The van der Waals surface area contributed by atoms with Gasteiger partial charge in [0.1, 0.15) is 5.67 Å². The van der Waals surface area contributed by atoms with Crippen LogP contribution >= 0.6 is 0 Å². The molecule has 2 nitrogen and oxygen atoms in total. The van der Waals surface area contributed by atoms with E-state index in [1.54, 1.807) is 6.07 Å². The maximum Gasteiger partial charge on any atom is 0.160 e. The van der Waals surface area contributed by atoms with Crippen LogP contribution in [0.1, 0.15) is 35.7 Å². The van der Waals surface area contributed by atoms with Crippen LogP contribution in [0.25, 0.3) is 0 Å². The van der Waals surface area contributed by atoms with Crippen LogP contribution < -0.4 is 0 Å². The van der Waals surface area contributed by atoms with Gasteiger partial charge in [0.15, 0.2) is 5.78 Å². The molecule has 0 aliphatic carbocycles. The zero-order valence-corrected chi connectivity index (χ0v) is 10.0. The number of hydrogen-bond donors (Lipinski definition) is 0. The Balaban J connectivity index is 2.20. The summed E-state index contributed by atoms with van der Waals surface area (Å²) in [7, 11) is 0. The minimum Gasteiger partial charge on any atom is -0.378 e. The number of Topliss-reactive ketones (excluding diaryl/α,β-unsaturated/α-hetero) is 1. The van der Waals surface area contributed by atoms with Crippen molar-refractivity contribution < 1.29 is 13.9 Å². The maximum absolute atomic E-state index is 14.5. The summed E-state index contributed by atoms with van der Waals surface area (Å²) in [5.74, 6) is -0.0130. The predicted molar refractivity (Wildman–Crippen MR) is 64.0 cm³/mol. The molecule has 0 amide bonds. The van der Waals surface area contributed by atoms with Crippen molar-refractivity contribution in [1.29, 1.82) is 0 Å². The Kier molecular flexibility index (Phi) is 3.57. The molecule has 1 atom stereocenters. The molecule has 1 aliphatic heterocycles. The van der Waals surface area contributed by atoms with Crippen molar-refractivity contribution in [2.24, 2.45) is 0 Å². The standard InChI is InChI=1S/C14H17FO2/c1-11(16)13-6-3-2-5-12(13)9-14(15)7-4-8-17-10-14/h2-3,5-6H,4,7-10H2,1H3. The summed E-state index contributed by atoms with van der Waals surface area (Å²) in [6, 6.07) is 7.23. The second-order valence-corrected chi connectivity index (χ2v) is 4.70. The zero-order chi connectivity index (χ0) is 12.3. The summed E-state index contributed by atoms with van der Waals surface area (Å²) in [4.78, 5) is 11.5. The van der Waals surface area contributed by atoms with E-state index in [0.29, 0.717) is 18.6 Å². The van der Waals surface area contributed by atoms with Crippen LogP contribution in [-0.2, 0) is 11.2 Å². The number of ketones is 1. The van der Waals surface area contributed by atoms with Crippen LogP contribution in [0.3, 0.4) is 0 Å². The molecule has 1 fully saturated rings. The highest BCUT2D eigenvalue weighted by Gasteiger charge is 2.33. The van der Waals surface area contributed by atoms with E-state index < -0.39 is 5.67 Å². The van der Waals surface area contributed by atoms with Crippen molar-refractivity contribution >= 4 is 5.78 Å². The maximum atomic E-state index is 14.5. The molecule has 1 unspecified atom stereocenters.